The molecule has 3 heterocycles. The maximum Gasteiger partial charge on any atom is 0.234 e. The number of imidazole rings is 1. The van der Waals surface area contributed by atoms with Gasteiger partial charge in [0.05, 0.1) is 0 Å². The standard InChI is InChI=1S/C14H15N4/c1-11-8-12(2)18-10-13(16-14(18)15-11)9-17-6-4-3-5-7-17/h3-8,10H,9H2,1-2H3/q+1. The Morgan fingerprint density at radius 1 is 1.11 bits per heavy atom. The Balaban J connectivity index is 2.01. The summed E-state index contributed by atoms with van der Waals surface area (Å²) in [5.41, 5.74) is 3.19. The van der Waals surface area contributed by atoms with E-state index in [9.17, 15) is 0 Å². The third-order valence-electron chi connectivity index (χ3n) is 2.93. The van der Waals surface area contributed by atoms with Crippen molar-refractivity contribution in [3.8, 4) is 0 Å². The Hall–Kier alpha value is -2.23. The van der Waals surface area contributed by atoms with Gasteiger partial charge in [0.2, 0.25) is 5.78 Å². The summed E-state index contributed by atoms with van der Waals surface area (Å²) < 4.78 is 4.13. The minimum Gasteiger partial charge on any atom is -0.288 e. The summed E-state index contributed by atoms with van der Waals surface area (Å²) >= 11 is 0. The highest BCUT2D eigenvalue weighted by atomic mass is 15.1. The summed E-state index contributed by atoms with van der Waals surface area (Å²) in [4.78, 5) is 9.00. The van der Waals surface area contributed by atoms with E-state index in [0.717, 1.165) is 29.4 Å². The number of nitrogens with zero attached hydrogens (tertiary/aromatic N) is 4. The monoisotopic (exact) mass is 239 g/mol. The van der Waals surface area contributed by atoms with Gasteiger partial charge in [-0.25, -0.2) is 9.97 Å². The second-order valence-corrected chi connectivity index (χ2v) is 4.49. The average Bonchev–Trinajstić information content (AvgIpc) is 2.73. The van der Waals surface area contributed by atoms with Gasteiger partial charge in [0, 0.05) is 29.7 Å². The molecule has 0 aliphatic heterocycles. The van der Waals surface area contributed by atoms with Crippen LogP contribution in [0.2, 0.25) is 0 Å². The first-order valence-corrected chi connectivity index (χ1v) is 5.99. The van der Waals surface area contributed by atoms with Crippen molar-refractivity contribution in [1.82, 2.24) is 14.4 Å². The predicted octanol–water partition coefficient (Wildman–Crippen LogP) is 1.68. The van der Waals surface area contributed by atoms with E-state index >= 15 is 0 Å². The van der Waals surface area contributed by atoms with Crippen LogP contribution < -0.4 is 4.57 Å². The summed E-state index contributed by atoms with van der Waals surface area (Å²) in [6, 6.07) is 8.11. The molecule has 0 unspecified atom stereocenters. The van der Waals surface area contributed by atoms with Crippen molar-refractivity contribution >= 4 is 5.78 Å². The second-order valence-electron chi connectivity index (χ2n) is 4.49. The van der Waals surface area contributed by atoms with Crippen LogP contribution in [0.1, 0.15) is 17.1 Å². The van der Waals surface area contributed by atoms with Crippen molar-refractivity contribution in [2.24, 2.45) is 0 Å². The van der Waals surface area contributed by atoms with Crippen LogP contribution in [0.3, 0.4) is 0 Å². The number of fused-ring (bicyclic) bond motifs is 1. The number of aromatic nitrogens is 4. The van der Waals surface area contributed by atoms with Crippen molar-refractivity contribution in [3.05, 3.63) is 59.9 Å². The van der Waals surface area contributed by atoms with Gasteiger partial charge in [0.1, 0.15) is 5.69 Å². The quantitative estimate of drug-likeness (QED) is 0.638. The summed E-state index contributed by atoms with van der Waals surface area (Å²) in [5, 5.41) is 0. The summed E-state index contributed by atoms with van der Waals surface area (Å²) in [7, 11) is 0. The van der Waals surface area contributed by atoms with Gasteiger partial charge in [0.15, 0.2) is 18.9 Å². The van der Waals surface area contributed by atoms with Crippen LogP contribution in [0.25, 0.3) is 5.78 Å². The molecule has 0 spiro atoms. The first kappa shape index (κ1) is 10.9. The number of hydrogen-bond donors (Lipinski definition) is 0. The first-order chi connectivity index (χ1) is 8.72. The highest BCUT2D eigenvalue weighted by Gasteiger charge is 2.09. The Labute approximate surface area is 106 Å². The molecule has 4 heteroatoms. The molecule has 0 N–H and O–H groups in total. The number of aryl methyl sites for hydroxylation is 2. The van der Waals surface area contributed by atoms with Crippen LogP contribution >= 0.6 is 0 Å². The van der Waals surface area contributed by atoms with Crippen LogP contribution in [-0.2, 0) is 6.54 Å². The Kier molecular flexibility index (Phi) is 2.55. The van der Waals surface area contributed by atoms with E-state index < -0.39 is 0 Å². The maximum absolute atomic E-state index is 4.56. The molecule has 90 valence electrons. The van der Waals surface area contributed by atoms with Gasteiger partial charge >= 0.3 is 0 Å². The van der Waals surface area contributed by atoms with Gasteiger partial charge in [-0.15, -0.1) is 0 Å². The molecule has 0 atom stereocenters. The van der Waals surface area contributed by atoms with Crippen molar-refractivity contribution < 1.29 is 4.57 Å². The zero-order valence-electron chi connectivity index (χ0n) is 10.5. The van der Waals surface area contributed by atoms with E-state index in [2.05, 4.69) is 33.7 Å². The van der Waals surface area contributed by atoms with Gasteiger partial charge in [0.25, 0.3) is 0 Å². The Bertz CT molecular complexity index is 686. The second kappa shape index (κ2) is 4.22. The minimum absolute atomic E-state index is 0.767. The van der Waals surface area contributed by atoms with Crippen molar-refractivity contribution in [2.75, 3.05) is 0 Å². The van der Waals surface area contributed by atoms with E-state index in [0.29, 0.717) is 0 Å². The zero-order valence-corrected chi connectivity index (χ0v) is 10.5. The molecule has 3 aromatic heterocycles. The fourth-order valence-corrected chi connectivity index (χ4v) is 2.12. The highest BCUT2D eigenvalue weighted by Crippen LogP contribution is 2.08. The molecule has 3 rings (SSSR count). The minimum atomic E-state index is 0.767. The van der Waals surface area contributed by atoms with Crippen molar-refractivity contribution in [1.29, 1.82) is 0 Å². The van der Waals surface area contributed by atoms with E-state index in [4.69, 9.17) is 0 Å². The van der Waals surface area contributed by atoms with E-state index in [-0.39, 0.29) is 0 Å². The number of rotatable bonds is 2. The van der Waals surface area contributed by atoms with Crippen molar-refractivity contribution in [2.45, 2.75) is 20.4 Å². The van der Waals surface area contributed by atoms with Crippen LogP contribution in [0, 0.1) is 13.8 Å². The van der Waals surface area contributed by atoms with Crippen LogP contribution in [-0.4, -0.2) is 14.4 Å². The third-order valence-corrected chi connectivity index (χ3v) is 2.93. The van der Waals surface area contributed by atoms with Gasteiger partial charge in [-0.2, -0.15) is 4.57 Å². The van der Waals surface area contributed by atoms with Gasteiger partial charge in [-0.1, -0.05) is 6.07 Å². The van der Waals surface area contributed by atoms with E-state index in [1.165, 1.54) is 0 Å². The molecule has 0 aliphatic carbocycles. The Morgan fingerprint density at radius 2 is 1.89 bits per heavy atom. The van der Waals surface area contributed by atoms with Crippen molar-refractivity contribution in [3.63, 3.8) is 0 Å². The lowest BCUT2D eigenvalue weighted by atomic mass is 10.3. The van der Waals surface area contributed by atoms with Crippen LogP contribution in [0.5, 0.6) is 0 Å². The molecule has 0 saturated heterocycles. The molecular formula is C14H15N4+. The number of hydrogen-bond acceptors (Lipinski definition) is 2. The molecule has 0 aromatic carbocycles. The average molecular weight is 239 g/mol. The molecule has 4 nitrogen and oxygen atoms in total. The molecule has 3 aromatic rings. The third kappa shape index (κ3) is 1.97. The SMILES string of the molecule is Cc1cc(C)n2cc(C[n+]3ccccc3)nc2n1. The number of pyridine rings is 1. The summed E-state index contributed by atoms with van der Waals surface area (Å²) in [6.07, 6.45) is 6.13. The van der Waals surface area contributed by atoms with Gasteiger partial charge in [-0.3, -0.25) is 4.40 Å². The molecule has 0 saturated carbocycles. The Morgan fingerprint density at radius 3 is 2.67 bits per heavy atom. The molecule has 0 aliphatic rings. The first-order valence-electron chi connectivity index (χ1n) is 5.99. The van der Waals surface area contributed by atoms with Crippen LogP contribution in [0.15, 0.2) is 42.9 Å². The predicted molar refractivity (Wildman–Crippen MR) is 68.2 cm³/mol. The van der Waals surface area contributed by atoms with Gasteiger partial charge < -0.3 is 0 Å². The fraction of sp³-hybridized carbons (Fsp3) is 0.214. The van der Waals surface area contributed by atoms with Gasteiger partial charge in [-0.05, 0) is 19.9 Å². The molecule has 0 bridgehead atoms. The topological polar surface area (TPSA) is 34.1 Å². The van der Waals surface area contributed by atoms with E-state index in [1.54, 1.807) is 0 Å². The maximum atomic E-state index is 4.56. The summed E-state index contributed by atoms with van der Waals surface area (Å²) in [6.45, 7) is 4.83. The smallest absolute Gasteiger partial charge is 0.234 e. The molecule has 0 fully saturated rings. The normalized spacial score (nSPS) is 11.0. The lowest BCUT2D eigenvalue weighted by Crippen LogP contribution is -2.32. The lowest BCUT2D eigenvalue weighted by molar-refractivity contribution is -0.688. The molecule has 0 radical (unpaired) electrons. The molecule has 18 heavy (non-hydrogen) atoms. The van der Waals surface area contributed by atoms with Crippen LogP contribution in [0.4, 0.5) is 0 Å². The molecular weight excluding hydrogens is 224 g/mol. The lowest BCUT2D eigenvalue weighted by Gasteiger charge is -1.98. The van der Waals surface area contributed by atoms with E-state index in [1.807, 2.05) is 41.9 Å². The highest BCUT2D eigenvalue weighted by molar-refractivity contribution is 5.34. The largest absolute Gasteiger partial charge is 0.288 e. The molecule has 0 amide bonds. The zero-order chi connectivity index (χ0) is 12.5. The summed E-state index contributed by atoms with van der Waals surface area (Å²) in [5.74, 6) is 0.777. The fourth-order valence-electron chi connectivity index (χ4n) is 2.12.